The maximum Gasteiger partial charge on any atom is 0.220 e. The zero-order valence-electron chi connectivity index (χ0n) is 11.5. The van der Waals surface area contributed by atoms with E-state index in [-0.39, 0.29) is 11.8 Å². The van der Waals surface area contributed by atoms with Crippen molar-refractivity contribution in [3.8, 4) is 0 Å². The molecule has 1 amide bonds. The predicted octanol–water partition coefficient (Wildman–Crippen LogP) is 2.80. The Morgan fingerprint density at radius 1 is 1.42 bits per heavy atom. The van der Waals surface area contributed by atoms with Gasteiger partial charge in [-0.15, -0.1) is 0 Å². The lowest BCUT2D eigenvalue weighted by molar-refractivity contribution is -0.121. The van der Waals surface area contributed by atoms with E-state index in [0.29, 0.717) is 24.4 Å². The molecule has 0 aliphatic rings. The van der Waals surface area contributed by atoms with Crippen molar-refractivity contribution in [1.82, 2.24) is 5.32 Å². The molecule has 1 rings (SSSR count). The fourth-order valence-electron chi connectivity index (χ4n) is 1.73. The summed E-state index contributed by atoms with van der Waals surface area (Å²) in [5.74, 6) is 0.145. The molecule has 0 spiro atoms. The Morgan fingerprint density at radius 3 is 2.74 bits per heavy atom. The molecular formula is C15H22ClNO2. The summed E-state index contributed by atoms with van der Waals surface area (Å²) in [7, 11) is 0. The van der Waals surface area contributed by atoms with Crippen LogP contribution < -0.4 is 5.32 Å². The van der Waals surface area contributed by atoms with E-state index < -0.39 is 6.10 Å². The van der Waals surface area contributed by atoms with E-state index in [0.717, 1.165) is 12.0 Å². The van der Waals surface area contributed by atoms with Crippen molar-refractivity contribution in [3.05, 3.63) is 34.9 Å². The number of amides is 1. The van der Waals surface area contributed by atoms with Gasteiger partial charge in [0.25, 0.3) is 0 Å². The molecule has 106 valence electrons. The zero-order chi connectivity index (χ0) is 14.3. The molecule has 2 atom stereocenters. The molecule has 0 aromatic heterocycles. The maximum absolute atomic E-state index is 11.7. The average Bonchev–Trinajstić information content (AvgIpc) is 2.42. The van der Waals surface area contributed by atoms with E-state index in [9.17, 15) is 9.90 Å². The van der Waals surface area contributed by atoms with Gasteiger partial charge in [-0.1, -0.05) is 50.1 Å². The topological polar surface area (TPSA) is 49.3 Å². The third kappa shape index (κ3) is 5.62. The highest BCUT2D eigenvalue weighted by atomic mass is 35.5. The third-order valence-corrected chi connectivity index (χ3v) is 3.76. The molecule has 0 aliphatic carbocycles. The average molecular weight is 284 g/mol. The molecule has 2 unspecified atom stereocenters. The van der Waals surface area contributed by atoms with Gasteiger partial charge < -0.3 is 10.4 Å². The summed E-state index contributed by atoms with van der Waals surface area (Å²) in [5, 5.41) is 13.2. The van der Waals surface area contributed by atoms with Gasteiger partial charge in [0.05, 0.1) is 6.10 Å². The van der Waals surface area contributed by atoms with Crippen LogP contribution in [0, 0.1) is 5.92 Å². The van der Waals surface area contributed by atoms with Crippen LogP contribution in [0.4, 0.5) is 0 Å². The third-order valence-electron chi connectivity index (χ3n) is 3.39. The lowest BCUT2D eigenvalue weighted by Gasteiger charge is -2.17. The SMILES string of the molecule is CCC(C)C(O)CNC(=O)CCc1ccccc1Cl. The van der Waals surface area contributed by atoms with E-state index in [1.807, 2.05) is 38.1 Å². The number of carbonyl (C=O) groups is 1. The number of aryl methyl sites for hydroxylation is 1. The molecule has 0 heterocycles. The van der Waals surface area contributed by atoms with Crippen LogP contribution in [0.5, 0.6) is 0 Å². The van der Waals surface area contributed by atoms with E-state index in [2.05, 4.69) is 5.32 Å². The van der Waals surface area contributed by atoms with Crippen LogP contribution in [0.3, 0.4) is 0 Å². The summed E-state index contributed by atoms with van der Waals surface area (Å²) in [4.78, 5) is 11.7. The van der Waals surface area contributed by atoms with Crippen LogP contribution in [-0.4, -0.2) is 23.7 Å². The van der Waals surface area contributed by atoms with Crippen molar-refractivity contribution in [1.29, 1.82) is 0 Å². The summed E-state index contributed by atoms with van der Waals surface area (Å²) in [6, 6.07) is 7.52. The van der Waals surface area contributed by atoms with Gasteiger partial charge in [0.1, 0.15) is 0 Å². The first-order valence-corrected chi connectivity index (χ1v) is 7.10. The number of hydrogen-bond donors (Lipinski definition) is 2. The number of aliphatic hydroxyl groups is 1. The number of nitrogens with one attached hydrogen (secondary N) is 1. The van der Waals surface area contributed by atoms with Gasteiger partial charge >= 0.3 is 0 Å². The Balaban J connectivity index is 2.31. The van der Waals surface area contributed by atoms with Gasteiger partial charge in [-0.2, -0.15) is 0 Å². The van der Waals surface area contributed by atoms with Crippen molar-refractivity contribution >= 4 is 17.5 Å². The molecule has 0 saturated carbocycles. The van der Waals surface area contributed by atoms with Crippen LogP contribution in [0.15, 0.2) is 24.3 Å². The molecule has 0 fully saturated rings. The Hall–Kier alpha value is -1.06. The molecule has 4 heteroatoms. The van der Waals surface area contributed by atoms with E-state index in [1.54, 1.807) is 0 Å². The van der Waals surface area contributed by atoms with Gasteiger partial charge in [0, 0.05) is 18.0 Å². The summed E-state index contributed by atoms with van der Waals surface area (Å²) in [6.07, 6.45) is 1.42. The second-order valence-corrected chi connectivity index (χ2v) is 5.26. The highest BCUT2D eigenvalue weighted by Crippen LogP contribution is 2.16. The molecule has 3 nitrogen and oxygen atoms in total. The van der Waals surface area contributed by atoms with Crippen LogP contribution in [0.2, 0.25) is 5.02 Å². The minimum Gasteiger partial charge on any atom is -0.391 e. The Kier molecular flexibility index (Phi) is 6.89. The first-order chi connectivity index (χ1) is 9.04. The quantitative estimate of drug-likeness (QED) is 0.808. The van der Waals surface area contributed by atoms with Crippen LogP contribution >= 0.6 is 11.6 Å². The zero-order valence-corrected chi connectivity index (χ0v) is 12.3. The molecule has 0 aliphatic heterocycles. The molecule has 1 aromatic carbocycles. The first-order valence-electron chi connectivity index (χ1n) is 6.72. The van der Waals surface area contributed by atoms with Gasteiger partial charge in [0.2, 0.25) is 5.91 Å². The molecule has 0 saturated heterocycles. The molecule has 0 radical (unpaired) electrons. The second kappa shape index (κ2) is 8.18. The van der Waals surface area contributed by atoms with Crippen molar-refractivity contribution in [3.63, 3.8) is 0 Å². The predicted molar refractivity (Wildman–Crippen MR) is 78.2 cm³/mol. The lowest BCUT2D eigenvalue weighted by Crippen LogP contribution is -2.35. The maximum atomic E-state index is 11.7. The van der Waals surface area contributed by atoms with E-state index >= 15 is 0 Å². The fourth-order valence-corrected chi connectivity index (χ4v) is 1.96. The fraction of sp³-hybridized carbons (Fsp3) is 0.533. The Bertz CT molecular complexity index is 409. The largest absolute Gasteiger partial charge is 0.391 e. The first kappa shape index (κ1) is 16.0. The summed E-state index contributed by atoms with van der Waals surface area (Å²) < 4.78 is 0. The summed E-state index contributed by atoms with van der Waals surface area (Å²) >= 11 is 6.02. The van der Waals surface area contributed by atoms with Crippen LogP contribution in [0.1, 0.15) is 32.3 Å². The van der Waals surface area contributed by atoms with Crippen molar-refractivity contribution in [2.75, 3.05) is 6.54 Å². The minimum absolute atomic E-state index is 0.0535. The molecule has 19 heavy (non-hydrogen) atoms. The van der Waals surface area contributed by atoms with Gasteiger partial charge in [-0.25, -0.2) is 0 Å². The van der Waals surface area contributed by atoms with Gasteiger partial charge in [0.15, 0.2) is 0 Å². The molecule has 2 N–H and O–H groups in total. The van der Waals surface area contributed by atoms with Crippen molar-refractivity contribution in [2.24, 2.45) is 5.92 Å². The lowest BCUT2D eigenvalue weighted by atomic mass is 10.0. The van der Waals surface area contributed by atoms with Crippen molar-refractivity contribution in [2.45, 2.75) is 39.2 Å². The molecule has 0 bridgehead atoms. The Morgan fingerprint density at radius 2 is 2.11 bits per heavy atom. The van der Waals surface area contributed by atoms with Gasteiger partial charge in [-0.05, 0) is 24.0 Å². The number of rotatable bonds is 7. The van der Waals surface area contributed by atoms with Gasteiger partial charge in [-0.3, -0.25) is 4.79 Å². The molecule has 1 aromatic rings. The highest BCUT2D eigenvalue weighted by Gasteiger charge is 2.13. The number of hydrogen-bond acceptors (Lipinski definition) is 2. The minimum atomic E-state index is -0.478. The van der Waals surface area contributed by atoms with Crippen LogP contribution in [0.25, 0.3) is 0 Å². The number of aliphatic hydroxyl groups excluding tert-OH is 1. The second-order valence-electron chi connectivity index (χ2n) is 4.85. The highest BCUT2D eigenvalue weighted by molar-refractivity contribution is 6.31. The smallest absolute Gasteiger partial charge is 0.220 e. The summed E-state index contributed by atoms with van der Waals surface area (Å²) in [5.41, 5.74) is 0.974. The Labute approximate surface area is 120 Å². The molecular weight excluding hydrogens is 262 g/mol. The monoisotopic (exact) mass is 283 g/mol. The number of carbonyl (C=O) groups excluding carboxylic acids is 1. The summed E-state index contributed by atoms with van der Waals surface area (Å²) in [6.45, 7) is 4.31. The number of halogens is 1. The standard InChI is InChI=1S/C15H22ClNO2/c1-3-11(2)14(18)10-17-15(19)9-8-12-6-4-5-7-13(12)16/h4-7,11,14,18H,3,8-10H2,1-2H3,(H,17,19). The van der Waals surface area contributed by atoms with E-state index in [4.69, 9.17) is 11.6 Å². The van der Waals surface area contributed by atoms with Crippen LogP contribution in [-0.2, 0) is 11.2 Å². The normalized spacial score (nSPS) is 13.9. The van der Waals surface area contributed by atoms with E-state index in [1.165, 1.54) is 0 Å². The van der Waals surface area contributed by atoms with Crippen molar-refractivity contribution < 1.29 is 9.90 Å². The number of benzene rings is 1.